The van der Waals surface area contributed by atoms with Crippen LogP contribution in [0.4, 0.5) is 0 Å². The number of aldehydes is 1. The molecule has 1 N–H and O–H groups in total. The first kappa shape index (κ1) is 11.9. The molecule has 2 rings (SSSR count). The summed E-state index contributed by atoms with van der Waals surface area (Å²) in [5.74, 6) is -0.833. The van der Waals surface area contributed by atoms with Gasteiger partial charge in [0.1, 0.15) is 0 Å². The Bertz CT molecular complexity index is 494. The van der Waals surface area contributed by atoms with E-state index in [9.17, 15) is 4.79 Å². The van der Waals surface area contributed by atoms with Crippen LogP contribution in [-0.2, 0) is 4.79 Å². The van der Waals surface area contributed by atoms with Crippen LogP contribution >= 0.6 is 0 Å². The van der Waals surface area contributed by atoms with Crippen LogP contribution in [0.15, 0.2) is 42.5 Å². The van der Waals surface area contributed by atoms with Crippen LogP contribution in [0.2, 0.25) is 0 Å². The molecule has 0 fully saturated rings. The van der Waals surface area contributed by atoms with Gasteiger partial charge in [0.05, 0.1) is 0 Å². The highest BCUT2D eigenvalue weighted by Crippen LogP contribution is 2.16. The largest absolute Gasteiger partial charge is 0.481 e. The van der Waals surface area contributed by atoms with Gasteiger partial charge in [0.2, 0.25) is 0 Å². The molecule has 0 saturated heterocycles. The zero-order valence-corrected chi connectivity index (χ0v) is 8.88. The Hall–Kier alpha value is -2.16. The fourth-order valence-electron chi connectivity index (χ4n) is 1.35. The number of carbonyl (C=O) groups is 2. The monoisotopic (exact) mass is 216 g/mol. The Kier molecular flexibility index (Phi) is 4.21. The van der Waals surface area contributed by atoms with Gasteiger partial charge in [-0.2, -0.15) is 0 Å². The smallest absolute Gasteiger partial charge is 0.300 e. The number of carboxylic acid groups (broad SMARTS) is 1. The molecule has 3 heteroatoms. The Balaban J connectivity index is 0.000000280. The van der Waals surface area contributed by atoms with Crippen molar-refractivity contribution in [3.05, 3.63) is 48.0 Å². The lowest BCUT2D eigenvalue weighted by Gasteiger charge is -1.98. The molecule has 2 aromatic carbocycles. The number of carboxylic acids is 1. The number of aliphatic carboxylic acids is 1. The standard InChI is InChI=1S/C11H8O.C2H4O2/c12-8-10-6-3-5-9-4-1-2-7-11(9)10;1-2(3)4/h1-8H;1H3,(H,3,4). The van der Waals surface area contributed by atoms with Crippen molar-refractivity contribution in [2.45, 2.75) is 6.92 Å². The lowest BCUT2D eigenvalue weighted by atomic mass is 10.1. The van der Waals surface area contributed by atoms with Crippen LogP contribution in [-0.4, -0.2) is 17.4 Å². The number of hydrogen-bond donors (Lipinski definition) is 1. The number of hydrogen-bond acceptors (Lipinski definition) is 2. The molecular formula is C13H12O3. The number of carbonyl (C=O) groups excluding carboxylic acids is 1. The van der Waals surface area contributed by atoms with Crippen molar-refractivity contribution in [1.82, 2.24) is 0 Å². The minimum absolute atomic E-state index is 0.758. The third-order valence-corrected chi connectivity index (χ3v) is 1.95. The van der Waals surface area contributed by atoms with Gasteiger partial charge < -0.3 is 5.11 Å². The van der Waals surface area contributed by atoms with Crippen LogP contribution < -0.4 is 0 Å². The van der Waals surface area contributed by atoms with Crippen LogP contribution in [0.1, 0.15) is 17.3 Å². The second kappa shape index (κ2) is 5.66. The number of rotatable bonds is 1. The molecule has 0 radical (unpaired) electrons. The lowest BCUT2D eigenvalue weighted by Crippen LogP contribution is -1.81. The molecule has 0 saturated carbocycles. The Morgan fingerprint density at radius 3 is 2.31 bits per heavy atom. The normalized spacial score (nSPS) is 9.06. The maximum atomic E-state index is 10.6. The van der Waals surface area contributed by atoms with E-state index in [1.807, 2.05) is 42.5 Å². The minimum atomic E-state index is -0.833. The van der Waals surface area contributed by atoms with Crippen LogP contribution in [0, 0.1) is 0 Å². The van der Waals surface area contributed by atoms with E-state index >= 15 is 0 Å². The fraction of sp³-hybridized carbons (Fsp3) is 0.0769. The lowest BCUT2D eigenvalue weighted by molar-refractivity contribution is -0.134. The van der Waals surface area contributed by atoms with Crippen molar-refractivity contribution in [3.63, 3.8) is 0 Å². The highest BCUT2D eigenvalue weighted by Gasteiger charge is 1.96. The van der Waals surface area contributed by atoms with Crippen molar-refractivity contribution in [2.75, 3.05) is 0 Å². The summed E-state index contributed by atoms with van der Waals surface area (Å²) in [6.07, 6.45) is 0.891. The summed E-state index contributed by atoms with van der Waals surface area (Å²) in [7, 11) is 0. The van der Waals surface area contributed by atoms with Gasteiger partial charge >= 0.3 is 0 Å². The van der Waals surface area contributed by atoms with E-state index in [1.165, 1.54) is 0 Å². The topological polar surface area (TPSA) is 54.4 Å². The second-order valence-electron chi connectivity index (χ2n) is 3.21. The van der Waals surface area contributed by atoms with Crippen LogP contribution in [0.25, 0.3) is 10.8 Å². The average Bonchev–Trinajstić information content (AvgIpc) is 2.27. The molecule has 2 aromatic rings. The Morgan fingerprint density at radius 1 is 1.12 bits per heavy atom. The molecule has 0 bridgehead atoms. The molecule has 0 amide bonds. The molecule has 0 aliphatic heterocycles. The van der Waals surface area contributed by atoms with E-state index in [2.05, 4.69) is 0 Å². The first-order valence-corrected chi connectivity index (χ1v) is 4.77. The van der Waals surface area contributed by atoms with Gasteiger partial charge in [0.25, 0.3) is 5.97 Å². The summed E-state index contributed by atoms with van der Waals surface area (Å²) >= 11 is 0. The summed E-state index contributed by atoms with van der Waals surface area (Å²) in [6.45, 7) is 1.08. The fourth-order valence-corrected chi connectivity index (χ4v) is 1.35. The first-order chi connectivity index (χ1) is 7.65. The minimum Gasteiger partial charge on any atom is -0.481 e. The maximum Gasteiger partial charge on any atom is 0.300 e. The molecule has 0 heterocycles. The summed E-state index contributed by atoms with van der Waals surface area (Å²) in [5, 5.41) is 9.55. The number of fused-ring (bicyclic) bond motifs is 1. The SMILES string of the molecule is CC(=O)O.O=Cc1cccc2ccccc12. The maximum absolute atomic E-state index is 10.6. The molecule has 0 aliphatic carbocycles. The molecule has 82 valence electrons. The van der Waals surface area contributed by atoms with Gasteiger partial charge in [-0.15, -0.1) is 0 Å². The van der Waals surface area contributed by atoms with E-state index in [4.69, 9.17) is 9.90 Å². The van der Waals surface area contributed by atoms with E-state index in [-0.39, 0.29) is 0 Å². The highest BCUT2D eigenvalue weighted by molar-refractivity contribution is 5.97. The first-order valence-electron chi connectivity index (χ1n) is 4.77. The summed E-state index contributed by atoms with van der Waals surface area (Å²) in [6, 6.07) is 13.6. The average molecular weight is 216 g/mol. The third-order valence-electron chi connectivity index (χ3n) is 1.95. The summed E-state index contributed by atoms with van der Waals surface area (Å²) in [4.78, 5) is 19.6. The van der Waals surface area contributed by atoms with Gasteiger partial charge in [-0.25, -0.2) is 0 Å². The van der Waals surface area contributed by atoms with Gasteiger partial charge in [-0.3, -0.25) is 9.59 Å². The molecule has 0 atom stereocenters. The van der Waals surface area contributed by atoms with E-state index < -0.39 is 5.97 Å². The molecule has 3 nitrogen and oxygen atoms in total. The molecular weight excluding hydrogens is 204 g/mol. The van der Waals surface area contributed by atoms with Crippen molar-refractivity contribution in [2.24, 2.45) is 0 Å². The van der Waals surface area contributed by atoms with Crippen molar-refractivity contribution in [3.8, 4) is 0 Å². The molecule has 0 aromatic heterocycles. The van der Waals surface area contributed by atoms with Crippen molar-refractivity contribution in [1.29, 1.82) is 0 Å². The predicted octanol–water partition coefficient (Wildman–Crippen LogP) is 2.74. The van der Waals surface area contributed by atoms with Gasteiger partial charge in [-0.05, 0) is 10.8 Å². The molecule has 0 aliphatic rings. The predicted molar refractivity (Wildman–Crippen MR) is 62.6 cm³/mol. The Morgan fingerprint density at radius 2 is 1.69 bits per heavy atom. The van der Waals surface area contributed by atoms with Gasteiger partial charge in [0.15, 0.2) is 6.29 Å². The van der Waals surface area contributed by atoms with Crippen molar-refractivity contribution < 1.29 is 14.7 Å². The van der Waals surface area contributed by atoms with Gasteiger partial charge in [-0.1, -0.05) is 42.5 Å². The van der Waals surface area contributed by atoms with E-state index in [0.717, 1.165) is 29.5 Å². The quantitative estimate of drug-likeness (QED) is 0.745. The van der Waals surface area contributed by atoms with Gasteiger partial charge in [0, 0.05) is 12.5 Å². The third kappa shape index (κ3) is 3.20. The molecule has 0 unspecified atom stereocenters. The van der Waals surface area contributed by atoms with E-state index in [1.54, 1.807) is 0 Å². The zero-order valence-electron chi connectivity index (χ0n) is 8.88. The number of benzene rings is 2. The molecule has 0 spiro atoms. The van der Waals surface area contributed by atoms with E-state index in [0.29, 0.717) is 0 Å². The van der Waals surface area contributed by atoms with Crippen LogP contribution in [0.5, 0.6) is 0 Å². The Labute approximate surface area is 93.3 Å². The molecule has 16 heavy (non-hydrogen) atoms. The summed E-state index contributed by atoms with van der Waals surface area (Å²) < 4.78 is 0. The zero-order chi connectivity index (χ0) is 12.0. The summed E-state index contributed by atoms with van der Waals surface area (Å²) in [5.41, 5.74) is 0.758. The van der Waals surface area contributed by atoms with Crippen LogP contribution in [0.3, 0.4) is 0 Å². The van der Waals surface area contributed by atoms with Crippen molar-refractivity contribution >= 4 is 23.0 Å². The highest BCUT2D eigenvalue weighted by atomic mass is 16.4. The second-order valence-corrected chi connectivity index (χ2v) is 3.21.